The van der Waals surface area contributed by atoms with Crippen molar-refractivity contribution in [2.45, 2.75) is 39.2 Å². The van der Waals surface area contributed by atoms with Crippen LogP contribution in [0.5, 0.6) is 0 Å². The lowest BCUT2D eigenvalue weighted by Crippen LogP contribution is -2.03. The minimum atomic E-state index is -0.319. The van der Waals surface area contributed by atoms with E-state index in [1.807, 2.05) is 6.20 Å². The smallest absolute Gasteiger partial charge is 0.144 e. The second kappa shape index (κ2) is 9.97. The third kappa shape index (κ3) is 4.75. The van der Waals surface area contributed by atoms with E-state index in [0.717, 1.165) is 65.8 Å². The highest BCUT2D eigenvalue weighted by Gasteiger charge is 2.16. The molecular weight excluding hydrogens is 461 g/mol. The van der Waals surface area contributed by atoms with Gasteiger partial charge in [-0.1, -0.05) is 54.7 Å². The molecule has 3 aromatic rings. The third-order valence-electron chi connectivity index (χ3n) is 6.92. The molecule has 0 unspecified atom stereocenters. The fourth-order valence-corrected chi connectivity index (χ4v) is 4.93. The highest BCUT2D eigenvalue weighted by molar-refractivity contribution is 5.85. The van der Waals surface area contributed by atoms with Crippen molar-refractivity contribution in [2.75, 3.05) is 0 Å². The van der Waals surface area contributed by atoms with Crippen molar-refractivity contribution in [1.29, 1.82) is 0 Å². The van der Waals surface area contributed by atoms with Gasteiger partial charge in [0.15, 0.2) is 0 Å². The molecule has 0 amide bonds. The van der Waals surface area contributed by atoms with Crippen molar-refractivity contribution in [3.05, 3.63) is 125 Å². The summed E-state index contributed by atoms with van der Waals surface area (Å²) >= 11 is 0. The first-order valence-corrected chi connectivity index (χ1v) is 12.7. The normalized spacial score (nSPS) is 21.2. The number of nitrogens with one attached hydrogen (secondary N) is 1. The van der Waals surface area contributed by atoms with Crippen molar-refractivity contribution in [3.63, 3.8) is 0 Å². The first-order chi connectivity index (χ1) is 18.2. The predicted octanol–water partition coefficient (Wildman–Crippen LogP) is 6.86. The SMILES string of the molecule is Cc1nc(-c2n[nH]cc2C2=C\C=C\C3=CC(c4cn5c(n4)CC/C=C/CC5)=CCC=C3/C=C\2)ccc1F. The molecule has 184 valence electrons. The lowest BCUT2D eigenvalue weighted by Gasteiger charge is -2.09. The van der Waals surface area contributed by atoms with Gasteiger partial charge in [0.1, 0.15) is 17.3 Å². The Balaban J connectivity index is 1.30. The summed E-state index contributed by atoms with van der Waals surface area (Å²) in [6, 6.07) is 3.10. The van der Waals surface area contributed by atoms with E-state index in [-0.39, 0.29) is 5.82 Å². The summed E-state index contributed by atoms with van der Waals surface area (Å²) in [6.07, 6.45) is 29.8. The molecule has 37 heavy (non-hydrogen) atoms. The number of hydrogen-bond acceptors (Lipinski definition) is 3. The number of hydrogen-bond donors (Lipinski definition) is 1. The maximum Gasteiger partial charge on any atom is 0.144 e. The zero-order valence-corrected chi connectivity index (χ0v) is 20.8. The monoisotopic (exact) mass is 489 g/mol. The van der Waals surface area contributed by atoms with E-state index >= 15 is 0 Å². The van der Waals surface area contributed by atoms with Crippen molar-refractivity contribution in [2.24, 2.45) is 0 Å². The van der Waals surface area contributed by atoms with Crippen LogP contribution >= 0.6 is 0 Å². The molecule has 0 saturated carbocycles. The second-order valence-corrected chi connectivity index (χ2v) is 9.41. The van der Waals surface area contributed by atoms with Gasteiger partial charge in [-0.3, -0.25) is 5.10 Å². The Morgan fingerprint density at radius 3 is 2.70 bits per heavy atom. The molecule has 0 saturated heterocycles. The molecule has 0 atom stereocenters. The molecule has 0 radical (unpaired) electrons. The number of rotatable bonds is 3. The Morgan fingerprint density at radius 1 is 0.919 bits per heavy atom. The van der Waals surface area contributed by atoms with Gasteiger partial charge in [-0.2, -0.15) is 5.10 Å². The van der Waals surface area contributed by atoms with Crippen LogP contribution in [-0.2, 0) is 13.0 Å². The van der Waals surface area contributed by atoms with Crippen LogP contribution in [0.1, 0.15) is 42.0 Å². The highest BCUT2D eigenvalue weighted by atomic mass is 19.1. The number of nitrogens with zero attached hydrogens (tertiary/aromatic N) is 4. The van der Waals surface area contributed by atoms with E-state index in [1.54, 1.807) is 13.0 Å². The number of H-pyrrole nitrogens is 1. The Morgan fingerprint density at radius 2 is 1.78 bits per heavy atom. The molecule has 2 aliphatic carbocycles. The highest BCUT2D eigenvalue weighted by Crippen LogP contribution is 2.32. The number of fused-ring (bicyclic) bond motifs is 2. The minimum Gasteiger partial charge on any atom is -0.334 e. The van der Waals surface area contributed by atoms with Crippen LogP contribution in [0.2, 0.25) is 0 Å². The van der Waals surface area contributed by atoms with Gasteiger partial charge in [0.25, 0.3) is 0 Å². The van der Waals surface area contributed by atoms with Crippen molar-refractivity contribution >= 4 is 11.1 Å². The van der Waals surface area contributed by atoms with E-state index < -0.39 is 0 Å². The van der Waals surface area contributed by atoms with Crippen LogP contribution in [0.3, 0.4) is 0 Å². The summed E-state index contributed by atoms with van der Waals surface area (Å²) in [5, 5.41) is 7.36. The van der Waals surface area contributed by atoms with Crippen LogP contribution in [0, 0.1) is 12.7 Å². The summed E-state index contributed by atoms with van der Waals surface area (Å²) in [5.74, 6) is 0.846. The molecule has 1 aliphatic heterocycles. The molecule has 0 bridgehead atoms. The number of aromatic amines is 1. The molecule has 0 spiro atoms. The molecule has 6 rings (SSSR count). The van der Waals surface area contributed by atoms with Gasteiger partial charge in [0, 0.05) is 30.9 Å². The van der Waals surface area contributed by atoms with E-state index in [4.69, 9.17) is 4.98 Å². The molecular formula is C31H28FN5. The van der Waals surface area contributed by atoms with E-state index in [9.17, 15) is 4.39 Å². The number of halogens is 1. The maximum absolute atomic E-state index is 13.8. The number of aryl methyl sites for hydroxylation is 3. The lowest BCUT2D eigenvalue weighted by atomic mass is 9.96. The Labute approximate surface area is 215 Å². The first-order valence-electron chi connectivity index (χ1n) is 12.7. The molecule has 0 fully saturated rings. The van der Waals surface area contributed by atoms with Crippen LogP contribution in [0.25, 0.3) is 22.5 Å². The second-order valence-electron chi connectivity index (χ2n) is 9.41. The van der Waals surface area contributed by atoms with E-state index in [1.165, 1.54) is 11.9 Å². The third-order valence-corrected chi connectivity index (χ3v) is 6.92. The largest absolute Gasteiger partial charge is 0.334 e. The summed E-state index contributed by atoms with van der Waals surface area (Å²) in [4.78, 5) is 9.39. The van der Waals surface area contributed by atoms with Gasteiger partial charge in [-0.15, -0.1) is 0 Å². The molecule has 6 heteroatoms. The van der Waals surface area contributed by atoms with Gasteiger partial charge in [0.05, 0.1) is 17.1 Å². The Kier molecular flexibility index (Phi) is 6.23. The summed E-state index contributed by atoms with van der Waals surface area (Å²) in [6.45, 7) is 2.64. The van der Waals surface area contributed by atoms with Gasteiger partial charge >= 0.3 is 0 Å². The number of allylic oxidation sites excluding steroid dienone is 14. The van der Waals surface area contributed by atoms with Gasteiger partial charge < -0.3 is 4.57 Å². The zero-order chi connectivity index (χ0) is 25.2. The topological polar surface area (TPSA) is 59.4 Å². The molecule has 3 aliphatic rings. The van der Waals surface area contributed by atoms with Crippen LogP contribution in [0.4, 0.5) is 4.39 Å². The lowest BCUT2D eigenvalue weighted by molar-refractivity contribution is 0.610. The average Bonchev–Trinajstić information content (AvgIpc) is 3.45. The van der Waals surface area contributed by atoms with Crippen LogP contribution < -0.4 is 0 Å². The fourth-order valence-electron chi connectivity index (χ4n) is 4.93. The molecule has 3 aromatic heterocycles. The summed E-state index contributed by atoms with van der Waals surface area (Å²) in [5.41, 5.74) is 8.14. The predicted molar refractivity (Wildman–Crippen MR) is 146 cm³/mol. The van der Waals surface area contributed by atoms with Crippen LogP contribution in [-0.4, -0.2) is 24.7 Å². The van der Waals surface area contributed by atoms with E-state index in [0.29, 0.717) is 17.1 Å². The Hall–Kier alpha value is -4.32. The van der Waals surface area contributed by atoms with Crippen molar-refractivity contribution in [3.8, 4) is 11.4 Å². The standard InChI is InChI=1S/C31H28FN5/c1-21-27(32)15-16-28(34-21)31-26(19-33-36-31)23-9-7-10-24-18-25(11-6-8-22(24)13-14-23)29-20-37-17-5-3-2-4-12-30(37)35-29/h2-3,7-11,13-16,18-20H,4-6,12,17H2,1H3,(H,33,36)/b3-2+,10-7+,14-13-,23-9-. The minimum absolute atomic E-state index is 0.319. The van der Waals surface area contributed by atoms with E-state index in [2.05, 4.69) is 86.7 Å². The summed E-state index contributed by atoms with van der Waals surface area (Å²) < 4.78 is 16.1. The van der Waals surface area contributed by atoms with Gasteiger partial charge in [0.2, 0.25) is 0 Å². The quantitative estimate of drug-likeness (QED) is 0.409. The molecule has 4 heterocycles. The van der Waals surface area contributed by atoms with Gasteiger partial charge in [-0.25, -0.2) is 14.4 Å². The molecule has 5 nitrogen and oxygen atoms in total. The average molecular weight is 490 g/mol. The summed E-state index contributed by atoms with van der Waals surface area (Å²) in [7, 11) is 0. The van der Waals surface area contributed by atoms with Crippen LogP contribution in [0.15, 0.2) is 96.4 Å². The number of aromatic nitrogens is 5. The Bertz CT molecular complexity index is 1540. The maximum atomic E-state index is 13.8. The zero-order valence-electron chi connectivity index (χ0n) is 20.8. The molecule has 1 N–H and O–H groups in total. The number of pyridine rings is 1. The first kappa shape index (κ1) is 23.1. The number of imidazole rings is 1. The van der Waals surface area contributed by atoms with Crippen molar-refractivity contribution < 1.29 is 4.39 Å². The van der Waals surface area contributed by atoms with Gasteiger partial charge in [-0.05, 0) is 66.7 Å². The molecule has 0 aromatic carbocycles. The fraction of sp³-hybridized carbons (Fsp3) is 0.194. The van der Waals surface area contributed by atoms with Crippen molar-refractivity contribution in [1.82, 2.24) is 24.7 Å².